The molecule has 0 fully saturated rings. The maximum Gasteiger partial charge on any atom is 0.216 e. The zero-order valence-electron chi connectivity index (χ0n) is 13.7. The Hall–Kier alpha value is -2.27. The van der Waals surface area contributed by atoms with Gasteiger partial charge < -0.3 is 15.0 Å². The summed E-state index contributed by atoms with van der Waals surface area (Å²) in [5, 5.41) is 3.99. The summed E-state index contributed by atoms with van der Waals surface area (Å²) < 4.78 is 6.39. The quantitative estimate of drug-likeness (QED) is 0.687. The number of rotatable bonds is 5. The average molecular weight is 387 g/mol. The van der Waals surface area contributed by atoms with E-state index in [4.69, 9.17) is 4.74 Å². The van der Waals surface area contributed by atoms with Gasteiger partial charge in [0, 0.05) is 34.5 Å². The van der Waals surface area contributed by atoms with Crippen LogP contribution in [0.5, 0.6) is 5.75 Å². The van der Waals surface area contributed by atoms with Crippen molar-refractivity contribution in [2.24, 2.45) is 0 Å². The minimum atomic E-state index is -0.0172. The molecule has 4 nitrogen and oxygen atoms in total. The summed E-state index contributed by atoms with van der Waals surface area (Å²) in [5.41, 5.74) is 4.42. The first-order valence-corrected chi connectivity index (χ1v) is 8.56. The molecule has 5 heteroatoms. The molecular formula is C19H19BrN2O2. The van der Waals surface area contributed by atoms with Gasteiger partial charge in [0.25, 0.3) is 0 Å². The number of hydrogen-bond donors (Lipinski definition) is 2. The van der Waals surface area contributed by atoms with Gasteiger partial charge in [-0.05, 0) is 47.9 Å². The number of aromatic amines is 1. The molecule has 0 saturated heterocycles. The molecule has 2 aromatic carbocycles. The van der Waals surface area contributed by atoms with Crippen molar-refractivity contribution in [1.82, 2.24) is 10.3 Å². The molecule has 24 heavy (non-hydrogen) atoms. The van der Waals surface area contributed by atoms with E-state index in [-0.39, 0.29) is 5.91 Å². The van der Waals surface area contributed by atoms with E-state index in [2.05, 4.69) is 38.4 Å². The van der Waals surface area contributed by atoms with Gasteiger partial charge in [0.15, 0.2) is 0 Å². The number of carbonyl (C=O) groups excluding carboxylic acids is 1. The SMILES string of the molecule is COc1ccc2[nH]c(-c3cccc(Br)c3)c(CCNC(C)=O)c2c1. The fourth-order valence-corrected chi connectivity index (χ4v) is 3.27. The summed E-state index contributed by atoms with van der Waals surface area (Å²) in [6, 6.07) is 14.2. The molecule has 2 N–H and O–H groups in total. The third kappa shape index (κ3) is 3.46. The Morgan fingerprint density at radius 3 is 2.79 bits per heavy atom. The second kappa shape index (κ2) is 7.09. The van der Waals surface area contributed by atoms with Crippen LogP contribution in [0, 0.1) is 0 Å². The number of amides is 1. The zero-order chi connectivity index (χ0) is 17.1. The third-order valence-electron chi connectivity index (χ3n) is 3.98. The number of benzene rings is 2. The number of halogens is 1. The summed E-state index contributed by atoms with van der Waals surface area (Å²) in [4.78, 5) is 14.7. The largest absolute Gasteiger partial charge is 0.497 e. The second-order valence-electron chi connectivity index (χ2n) is 5.63. The van der Waals surface area contributed by atoms with Gasteiger partial charge in [-0.3, -0.25) is 4.79 Å². The van der Waals surface area contributed by atoms with E-state index in [0.717, 1.165) is 38.8 Å². The first-order chi connectivity index (χ1) is 11.6. The first-order valence-electron chi connectivity index (χ1n) is 7.77. The van der Waals surface area contributed by atoms with Crippen molar-refractivity contribution in [3.63, 3.8) is 0 Å². The minimum absolute atomic E-state index is 0.0172. The van der Waals surface area contributed by atoms with Crippen LogP contribution in [0.1, 0.15) is 12.5 Å². The molecule has 1 amide bonds. The van der Waals surface area contributed by atoms with E-state index < -0.39 is 0 Å². The molecule has 0 aliphatic carbocycles. The van der Waals surface area contributed by atoms with Crippen molar-refractivity contribution in [2.75, 3.05) is 13.7 Å². The van der Waals surface area contributed by atoms with E-state index in [1.165, 1.54) is 12.5 Å². The van der Waals surface area contributed by atoms with Crippen LogP contribution in [0.4, 0.5) is 0 Å². The first kappa shape index (κ1) is 16.6. The number of carbonyl (C=O) groups is 1. The number of H-pyrrole nitrogens is 1. The average Bonchev–Trinajstić information content (AvgIpc) is 2.92. The third-order valence-corrected chi connectivity index (χ3v) is 4.47. The number of hydrogen-bond acceptors (Lipinski definition) is 2. The van der Waals surface area contributed by atoms with Gasteiger partial charge in [0.05, 0.1) is 7.11 Å². The Morgan fingerprint density at radius 2 is 2.08 bits per heavy atom. The van der Waals surface area contributed by atoms with Crippen LogP contribution in [0.25, 0.3) is 22.2 Å². The molecule has 0 atom stereocenters. The van der Waals surface area contributed by atoms with Crippen LogP contribution in [-0.4, -0.2) is 24.5 Å². The Kier molecular flexibility index (Phi) is 4.90. The highest BCUT2D eigenvalue weighted by molar-refractivity contribution is 9.10. The van der Waals surface area contributed by atoms with Crippen LogP contribution < -0.4 is 10.1 Å². The molecule has 0 bridgehead atoms. The van der Waals surface area contributed by atoms with Crippen LogP contribution in [-0.2, 0) is 11.2 Å². The zero-order valence-corrected chi connectivity index (χ0v) is 15.2. The molecule has 1 heterocycles. The molecule has 0 unspecified atom stereocenters. The van der Waals surface area contributed by atoms with Crippen LogP contribution in [0.15, 0.2) is 46.9 Å². The Labute approximate surface area is 149 Å². The predicted octanol–water partition coefficient (Wildman–Crippen LogP) is 4.28. The molecule has 0 radical (unpaired) electrons. The highest BCUT2D eigenvalue weighted by Crippen LogP contribution is 2.33. The van der Waals surface area contributed by atoms with Crippen molar-refractivity contribution in [3.05, 3.63) is 52.5 Å². The Balaban J connectivity index is 2.10. The lowest BCUT2D eigenvalue weighted by atomic mass is 10.0. The van der Waals surface area contributed by atoms with E-state index >= 15 is 0 Å². The fourth-order valence-electron chi connectivity index (χ4n) is 2.87. The second-order valence-corrected chi connectivity index (χ2v) is 6.55. The molecule has 0 aliphatic rings. The lowest BCUT2D eigenvalue weighted by Gasteiger charge is -2.07. The Morgan fingerprint density at radius 1 is 1.25 bits per heavy atom. The summed E-state index contributed by atoms with van der Waals surface area (Å²) in [5.74, 6) is 0.805. The van der Waals surface area contributed by atoms with Crippen LogP contribution in [0.3, 0.4) is 0 Å². The minimum Gasteiger partial charge on any atom is -0.497 e. The molecule has 0 saturated carbocycles. The molecule has 3 rings (SSSR count). The van der Waals surface area contributed by atoms with Crippen LogP contribution in [0.2, 0.25) is 0 Å². The lowest BCUT2D eigenvalue weighted by Crippen LogP contribution is -2.22. The molecule has 124 valence electrons. The summed E-state index contributed by atoms with van der Waals surface area (Å²) in [6.45, 7) is 2.13. The highest BCUT2D eigenvalue weighted by atomic mass is 79.9. The summed E-state index contributed by atoms with van der Waals surface area (Å²) >= 11 is 3.53. The molecule has 0 spiro atoms. The van der Waals surface area contributed by atoms with Crippen LogP contribution >= 0.6 is 15.9 Å². The number of aromatic nitrogens is 1. The van der Waals surface area contributed by atoms with Crippen molar-refractivity contribution in [2.45, 2.75) is 13.3 Å². The standard InChI is InChI=1S/C19H19BrN2O2/c1-12(23)21-9-8-16-17-11-15(24-2)6-7-18(17)22-19(16)13-4-3-5-14(20)10-13/h3-7,10-11,22H,8-9H2,1-2H3,(H,21,23). The van der Waals surface area contributed by atoms with E-state index in [0.29, 0.717) is 6.54 Å². The monoisotopic (exact) mass is 386 g/mol. The smallest absolute Gasteiger partial charge is 0.216 e. The van der Waals surface area contributed by atoms with Gasteiger partial charge in [0.1, 0.15) is 5.75 Å². The normalized spacial score (nSPS) is 10.8. The van der Waals surface area contributed by atoms with E-state index in [1.807, 2.05) is 30.3 Å². The van der Waals surface area contributed by atoms with E-state index in [1.54, 1.807) is 7.11 Å². The topological polar surface area (TPSA) is 54.1 Å². The van der Waals surface area contributed by atoms with E-state index in [9.17, 15) is 4.79 Å². The molecule has 3 aromatic rings. The molecule has 1 aromatic heterocycles. The van der Waals surface area contributed by atoms with Gasteiger partial charge in [-0.2, -0.15) is 0 Å². The lowest BCUT2D eigenvalue weighted by molar-refractivity contribution is -0.118. The molecule has 0 aliphatic heterocycles. The predicted molar refractivity (Wildman–Crippen MR) is 100 cm³/mol. The fraction of sp³-hybridized carbons (Fsp3) is 0.211. The maximum absolute atomic E-state index is 11.2. The number of nitrogens with one attached hydrogen (secondary N) is 2. The maximum atomic E-state index is 11.2. The number of ether oxygens (including phenoxy) is 1. The van der Waals surface area contributed by atoms with Gasteiger partial charge in [-0.1, -0.05) is 28.1 Å². The highest BCUT2D eigenvalue weighted by Gasteiger charge is 2.14. The van der Waals surface area contributed by atoms with Gasteiger partial charge >= 0.3 is 0 Å². The van der Waals surface area contributed by atoms with Crippen molar-refractivity contribution in [1.29, 1.82) is 0 Å². The van der Waals surface area contributed by atoms with Gasteiger partial charge in [-0.25, -0.2) is 0 Å². The van der Waals surface area contributed by atoms with Gasteiger partial charge in [0.2, 0.25) is 5.91 Å². The van der Waals surface area contributed by atoms with Gasteiger partial charge in [-0.15, -0.1) is 0 Å². The van der Waals surface area contributed by atoms with Crippen molar-refractivity contribution in [3.8, 4) is 17.0 Å². The summed E-state index contributed by atoms with van der Waals surface area (Å²) in [6.07, 6.45) is 0.745. The Bertz CT molecular complexity index is 886. The number of methoxy groups -OCH3 is 1. The van der Waals surface area contributed by atoms with Crippen molar-refractivity contribution >= 4 is 32.7 Å². The number of fused-ring (bicyclic) bond motifs is 1. The van der Waals surface area contributed by atoms with Crippen molar-refractivity contribution < 1.29 is 9.53 Å². The summed E-state index contributed by atoms with van der Waals surface area (Å²) in [7, 11) is 1.67. The molecular weight excluding hydrogens is 368 g/mol.